The normalized spacial score (nSPS) is 11.3. The fourth-order valence-corrected chi connectivity index (χ4v) is 3.88. The van der Waals surface area contributed by atoms with E-state index in [1.807, 2.05) is 50.7 Å². The van der Waals surface area contributed by atoms with E-state index in [-0.39, 0.29) is 0 Å². The third-order valence-electron chi connectivity index (χ3n) is 5.05. The third kappa shape index (κ3) is 3.05. The zero-order chi connectivity index (χ0) is 20.7. The number of pyridine rings is 1. The summed E-state index contributed by atoms with van der Waals surface area (Å²) in [5.41, 5.74) is 6.57. The predicted octanol–water partition coefficient (Wildman–Crippen LogP) is 4.31. The molecule has 0 aliphatic rings. The summed E-state index contributed by atoms with van der Waals surface area (Å²) in [6.45, 7) is 2.04. The molecule has 0 unspecified atom stereocenters. The van der Waals surface area contributed by atoms with Crippen molar-refractivity contribution in [3.05, 3.63) is 66.6 Å². The molecule has 1 aromatic carbocycles. The fraction of sp³-hybridized carbons (Fsp3) is 0.136. The van der Waals surface area contributed by atoms with Crippen molar-refractivity contribution in [2.45, 2.75) is 12.1 Å². The van der Waals surface area contributed by atoms with Gasteiger partial charge in [0.05, 0.1) is 17.6 Å². The number of nitrogens with zero attached hydrogens (tertiary/aromatic N) is 7. The first-order chi connectivity index (χ1) is 14.7. The van der Waals surface area contributed by atoms with Crippen molar-refractivity contribution in [2.24, 2.45) is 7.05 Å². The number of fused-ring (bicyclic) bond motifs is 1. The van der Waals surface area contributed by atoms with Crippen molar-refractivity contribution in [3.63, 3.8) is 0 Å². The van der Waals surface area contributed by atoms with Gasteiger partial charge in [0.25, 0.3) is 0 Å². The molecule has 0 fully saturated rings. The van der Waals surface area contributed by atoms with Gasteiger partial charge in [-0.3, -0.25) is 0 Å². The van der Waals surface area contributed by atoms with Gasteiger partial charge in [0.1, 0.15) is 11.3 Å². The largest absolute Gasteiger partial charge is 0.301 e. The Labute approximate surface area is 177 Å². The first-order valence-corrected chi connectivity index (χ1v) is 10.7. The number of benzene rings is 1. The van der Waals surface area contributed by atoms with Crippen LogP contribution in [0.3, 0.4) is 0 Å². The summed E-state index contributed by atoms with van der Waals surface area (Å²) in [5, 5.41) is 9.81. The predicted molar refractivity (Wildman–Crippen MR) is 119 cm³/mol. The quantitative estimate of drug-likeness (QED) is 0.323. The molecule has 4 aromatic heterocycles. The highest BCUT2D eigenvalue weighted by Gasteiger charge is 2.18. The summed E-state index contributed by atoms with van der Waals surface area (Å²) < 4.78 is 3.84. The molecule has 0 aliphatic carbocycles. The lowest BCUT2D eigenvalue weighted by Crippen LogP contribution is -1.98. The molecule has 30 heavy (non-hydrogen) atoms. The zero-order valence-electron chi connectivity index (χ0n) is 16.8. The van der Waals surface area contributed by atoms with Crippen LogP contribution in [0.15, 0.2) is 66.2 Å². The number of hydrogen-bond acceptors (Lipinski definition) is 6. The van der Waals surface area contributed by atoms with E-state index >= 15 is 0 Å². The second-order valence-corrected chi connectivity index (χ2v) is 7.72. The second-order valence-electron chi connectivity index (χ2n) is 6.95. The van der Waals surface area contributed by atoms with E-state index in [9.17, 15) is 0 Å². The highest BCUT2D eigenvalue weighted by molar-refractivity contribution is 7.98. The molecule has 4 heterocycles. The minimum absolute atomic E-state index is 0.752. The molecule has 0 amide bonds. The maximum absolute atomic E-state index is 4.99. The molecule has 0 radical (unpaired) electrons. The monoisotopic (exact) mass is 413 g/mol. The van der Waals surface area contributed by atoms with Gasteiger partial charge in [-0.15, -0.1) is 5.10 Å². The van der Waals surface area contributed by atoms with Gasteiger partial charge < -0.3 is 4.57 Å². The molecular formula is C22H19N7S. The number of aryl methyl sites for hydroxylation is 2. The van der Waals surface area contributed by atoms with E-state index in [0.717, 1.165) is 50.1 Å². The second kappa shape index (κ2) is 7.38. The maximum atomic E-state index is 4.99. The Morgan fingerprint density at radius 1 is 0.967 bits per heavy atom. The SMILES string of the molecule is CSc1ncc(C)c(-c2cn(-c3ccccc3)c3nc(-c4cnnn4C)ccc23)n1. The summed E-state index contributed by atoms with van der Waals surface area (Å²) in [7, 11) is 1.87. The molecule has 0 aliphatic heterocycles. The van der Waals surface area contributed by atoms with E-state index in [0.29, 0.717) is 0 Å². The van der Waals surface area contributed by atoms with Gasteiger partial charge >= 0.3 is 0 Å². The Kier molecular flexibility index (Phi) is 4.55. The Bertz CT molecular complexity index is 1350. The fourth-order valence-electron chi connectivity index (χ4n) is 3.54. The zero-order valence-corrected chi connectivity index (χ0v) is 17.6. The van der Waals surface area contributed by atoms with E-state index in [4.69, 9.17) is 9.97 Å². The molecule has 0 N–H and O–H groups in total. The Balaban J connectivity index is 1.80. The molecule has 5 rings (SSSR count). The minimum atomic E-state index is 0.752. The van der Waals surface area contributed by atoms with E-state index in [2.05, 4.69) is 44.3 Å². The van der Waals surface area contributed by atoms with Crippen molar-refractivity contribution in [1.29, 1.82) is 0 Å². The van der Waals surface area contributed by atoms with Crippen LogP contribution in [0.25, 0.3) is 39.4 Å². The summed E-state index contributed by atoms with van der Waals surface area (Å²) in [5.74, 6) is 0. The highest BCUT2D eigenvalue weighted by atomic mass is 32.2. The first kappa shape index (κ1) is 18.5. The molecule has 0 saturated carbocycles. The number of para-hydroxylation sites is 1. The molecule has 5 aromatic rings. The lowest BCUT2D eigenvalue weighted by molar-refractivity contribution is 0.719. The molecule has 8 heteroatoms. The van der Waals surface area contributed by atoms with E-state index in [1.165, 1.54) is 11.8 Å². The topological polar surface area (TPSA) is 74.3 Å². The van der Waals surface area contributed by atoms with Crippen LogP contribution in [-0.4, -0.2) is 40.8 Å². The van der Waals surface area contributed by atoms with Crippen LogP contribution in [0.2, 0.25) is 0 Å². The van der Waals surface area contributed by atoms with Crippen LogP contribution in [0.5, 0.6) is 0 Å². The Morgan fingerprint density at radius 2 is 1.80 bits per heavy atom. The molecular weight excluding hydrogens is 394 g/mol. The van der Waals surface area contributed by atoms with Gasteiger partial charge in [0, 0.05) is 36.1 Å². The molecule has 0 bridgehead atoms. The average molecular weight is 414 g/mol. The lowest BCUT2D eigenvalue weighted by Gasteiger charge is -2.06. The number of thioether (sulfide) groups is 1. The van der Waals surface area contributed by atoms with Gasteiger partial charge in [-0.1, -0.05) is 35.2 Å². The summed E-state index contributed by atoms with van der Waals surface area (Å²) in [6, 6.07) is 14.3. The summed E-state index contributed by atoms with van der Waals surface area (Å²) in [6.07, 6.45) is 7.70. The number of rotatable bonds is 4. The summed E-state index contributed by atoms with van der Waals surface area (Å²) in [4.78, 5) is 14.2. The average Bonchev–Trinajstić information content (AvgIpc) is 3.38. The number of aromatic nitrogens is 7. The van der Waals surface area contributed by atoms with Crippen LogP contribution in [0, 0.1) is 6.92 Å². The highest BCUT2D eigenvalue weighted by Crippen LogP contribution is 2.34. The van der Waals surface area contributed by atoms with Crippen LogP contribution in [-0.2, 0) is 7.05 Å². The molecule has 0 atom stereocenters. The Hall–Kier alpha value is -3.52. The van der Waals surface area contributed by atoms with E-state index < -0.39 is 0 Å². The summed E-state index contributed by atoms with van der Waals surface area (Å²) >= 11 is 1.54. The first-order valence-electron chi connectivity index (χ1n) is 9.46. The Morgan fingerprint density at radius 3 is 2.53 bits per heavy atom. The smallest absolute Gasteiger partial charge is 0.187 e. The van der Waals surface area contributed by atoms with Gasteiger partial charge in [0.15, 0.2) is 5.16 Å². The molecule has 0 saturated heterocycles. The third-order valence-corrected chi connectivity index (χ3v) is 5.61. The standard InChI is InChI=1S/C22H19N7S/c1-14-11-23-22(30-3)26-20(14)17-13-29(15-7-5-4-6-8-15)21-16(17)9-10-18(25-21)19-12-24-27-28(19)2/h4-13H,1-3H3. The van der Waals surface area contributed by atoms with Crippen molar-refractivity contribution in [1.82, 2.24) is 34.5 Å². The van der Waals surface area contributed by atoms with Crippen LogP contribution >= 0.6 is 11.8 Å². The lowest BCUT2D eigenvalue weighted by atomic mass is 10.1. The van der Waals surface area contributed by atoms with Crippen LogP contribution in [0.1, 0.15) is 5.56 Å². The van der Waals surface area contributed by atoms with Gasteiger partial charge in [-0.2, -0.15) is 0 Å². The van der Waals surface area contributed by atoms with E-state index in [1.54, 1.807) is 10.9 Å². The molecule has 148 valence electrons. The van der Waals surface area contributed by atoms with Crippen molar-refractivity contribution in [2.75, 3.05) is 6.26 Å². The van der Waals surface area contributed by atoms with Gasteiger partial charge in [-0.05, 0) is 43.0 Å². The van der Waals surface area contributed by atoms with Gasteiger partial charge in [0.2, 0.25) is 0 Å². The van der Waals surface area contributed by atoms with Crippen molar-refractivity contribution < 1.29 is 0 Å². The van der Waals surface area contributed by atoms with Crippen molar-refractivity contribution in [3.8, 4) is 28.3 Å². The number of hydrogen-bond donors (Lipinski definition) is 0. The molecule has 7 nitrogen and oxygen atoms in total. The van der Waals surface area contributed by atoms with Gasteiger partial charge in [-0.25, -0.2) is 19.6 Å². The molecule has 0 spiro atoms. The minimum Gasteiger partial charge on any atom is -0.301 e. The van der Waals surface area contributed by atoms with Crippen molar-refractivity contribution >= 4 is 22.8 Å². The maximum Gasteiger partial charge on any atom is 0.187 e. The van der Waals surface area contributed by atoms with Crippen LogP contribution in [0.4, 0.5) is 0 Å². The van der Waals surface area contributed by atoms with Crippen LogP contribution < -0.4 is 0 Å².